The number of carbonyl (C=O) groups is 2. The normalized spacial score (nSPS) is 11.8. The Balaban J connectivity index is 1.71. The van der Waals surface area contributed by atoms with Crippen LogP contribution in [0.25, 0.3) is 10.8 Å². The van der Waals surface area contributed by atoms with Gasteiger partial charge in [0.15, 0.2) is 6.10 Å². The second-order valence-electron chi connectivity index (χ2n) is 5.73. The Morgan fingerprint density at radius 1 is 1.04 bits per heavy atom. The summed E-state index contributed by atoms with van der Waals surface area (Å²) < 4.78 is 18.0. The van der Waals surface area contributed by atoms with Crippen molar-refractivity contribution < 1.29 is 23.8 Å². The van der Waals surface area contributed by atoms with Crippen LogP contribution in [0.4, 0.5) is 10.1 Å². The molecule has 6 heteroatoms. The molecule has 0 spiro atoms. The molecule has 0 bridgehead atoms. The van der Waals surface area contributed by atoms with Crippen molar-refractivity contribution in [3.05, 3.63) is 72.0 Å². The van der Waals surface area contributed by atoms with Crippen LogP contribution in [-0.2, 0) is 9.53 Å². The summed E-state index contributed by atoms with van der Waals surface area (Å²) in [6.07, 6.45) is -1.10. The van der Waals surface area contributed by atoms with E-state index in [-0.39, 0.29) is 11.3 Å². The van der Waals surface area contributed by atoms with E-state index in [1.807, 2.05) is 12.1 Å². The Labute approximate surface area is 149 Å². The lowest BCUT2D eigenvalue weighted by molar-refractivity contribution is -0.123. The summed E-state index contributed by atoms with van der Waals surface area (Å²) in [6, 6.07) is 15.4. The minimum absolute atomic E-state index is 0.0230. The van der Waals surface area contributed by atoms with E-state index < -0.39 is 23.8 Å². The number of carbonyl (C=O) groups excluding carboxylic acids is 2. The van der Waals surface area contributed by atoms with Crippen molar-refractivity contribution in [3.8, 4) is 5.75 Å². The first kappa shape index (κ1) is 17.4. The molecule has 3 aromatic rings. The first-order chi connectivity index (χ1) is 12.5. The molecule has 5 nitrogen and oxygen atoms in total. The monoisotopic (exact) mass is 353 g/mol. The van der Waals surface area contributed by atoms with Crippen molar-refractivity contribution in [1.29, 1.82) is 0 Å². The topological polar surface area (TPSA) is 75.6 Å². The SMILES string of the molecule is C[C@H](OC(=O)c1ccc2ccccc2c1O)C(=O)Nc1ccc(F)cc1. The molecule has 0 heterocycles. The highest BCUT2D eigenvalue weighted by Gasteiger charge is 2.22. The second kappa shape index (κ2) is 7.23. The smallest absolute Gasteiger partial charge is 0.342 e. The van der Waals surface area contributed by atoms with Crippen LogP contribution in [0.2, 0.25) is 0 Å². The average molecular weight is 353 g/mol. The first-order valence-electron chi connectivity index (χ1n) is 7.94. The fraction of sp³-hybridized carbons (Fsp3) is 0.100. The fourth-order valence-electron chi connectivity index (χ4n) is 2.47. The quantitative estimate of drug-likeness (QED) is 0.698. The summed E-state index contributed by atoms with van der Waals surface area (Å²) in [5.41, 5.74) is 0.359. The summed E-state index contributed by atoms with van der Waals surface area (Å²) in [5, 5.41) is 14.1. The van der Waals surface area contributed by atoms with Crippen LogP contribution in [0.1, 0.15) is 17.3 Å². The number of hydrogen-bond acceptors (Lipinski definition) is 4. The fourth-order valence-corrected chi connectivity index (χ4v) is 2.47. The van der Waals surface area contributed by atoms with Gasteiger partial charge in [-0.2, -0.15) is 0 Å². The molecular formula is C20H16FNO4. The van der Waals surface area contributed by atoms with Crippen LogP contribution in [-0.4, -0.2) is 23.1 Å². The summed E-state index contributed by atoms with van der Waals surface area (Å²) in [7, 11) is 0. The number of rotatable bonds is 4. The molecule has 1 atom stereocenters. The summed E-state index contributed by atoms with van der Waals surface area (Å²) >= 11 is 0. The summed E-state index contributed by atoms with van der Waals surface area (Å²) in [6.45, 7) is 1.41. The highest BCUT2D eigenvalue weighted by Crippen LogP contribution is 2.29. The standard InChI is InChI=1S/C20H16FNO4/c1-12(19(24)22-15-9-7-14(21)8-10-15)26-20(25)17-11-6-13-4-2-3-5-16(13)18(17)23/h2-12,23H,1H3,(H,22,24)/t12-/m0/s1. The third-order valence-corrected chi connectivity index (χ3v) is 3.89. The predicted molar refractivity (Wildman–Crippen MR) is 95.5 cm³/mol. The van der Waals surface area contributed by atoms with Gasteiger partial charge in [0.25, 0.3) is 5.91 Å². The second-order valence-corrected chi connectivity index (χ2v) is 5.73. The number of hydrogen-bond donors (Lipinski definition) is 2. The molecule has 26 heavy (non-hydrogen) atoms. The molecular weight excluding hydrogens is 337 g/mol. The average Bonchev–Trinajstić information content (AvgIpc) is 2.64. The summed E-state index contributed by atoms with van der Waals surface area (Å²) in [4.78, 5) is 24.4. The van der Waals surface area contributed by atoms with Crippen LogP contribution in [0.5, 0.6) is 5.75 Å². The van der Waals surface area contributed by atoms with Gasteiger partial charge in [-0.05, 0) is 42.6 Å². The Hall–Kier alpha value is -3.41. The molecule has 0 aromatic heterocycles. The molecule has 132 valence electrons. The van der Waals surface area contributed by atoms with Crippen LogP contribution in [0, 0.1) is 5.82 Å². The molecule has 0 aliphatic carbocycles. The van der Waals surface area contributed by atoms with Gasteiger partial charge in [0.2, 0.25) is 0 Å². The van der Waals surface area contributed by atoms with Crippen molar-refractivity contribution in [3.63, 3.8) is 0 Å². The van der Waals surface area contributed by atoms with E-state index in [0.29, 0.717) is 11.1 Å². The van der Waals surface area contributed by atoms with E-state index in [0.717, 1.165) is 5.39 Å². The molecule has 0 aliphatic heterocycles. The van der Waals surface area contributed by atoms with Gasteiger partial charge in [0.05, 0.1) is 0 Å². The number of anilines is 1. The molecule has 1 amide bonds. The Morgan fingerprint density at radius 2 is 1.73 bits per heavy atom. The van der Waals surface area contributed by atoms with Crippen LogP contribution < -0.4 is 5.32 Å². The van der Waals surface area contributed by atoms with Crippen molar-refractivity contribution in [2.75, 3.05) is 5.32 Å². The Morgan fingerprint density at radius 3 is 2.46 bits per heavy atom. The lowest BCUT2D eigenvalue weighted by atomic mass is 10.1. The van der Waals surface area contributed by atoms with Crippen molar-refractivity contribution in [2.24, 2.45) is 0 Å². The van der Waals surface area contributed by atoms with Crippen LogP contribution in [0.3, 0.4) is 0 Å². The van der Waals surface area contributed by atoms with Gasteiger partial charge in [0, 0.05) is 11.1 Å². The summed E-state index contributed by atoms with van der Waals surface area (Å²) in [5.74, 6) is -1.99. The van der Waals surface area contributed by atoms with E-state index >= 15 is 0 Å². The zero-order chi connectivity index (χ0) is 18.7. The highest BCUT2D eigenvalue weighted by molar-refractivity contribution is 6.02. The maximum atomic E-state index is 12.9. The number of phenols is 1. The minimum atomic E-state index is -1.10. The number of fused-ring (bicyclic) bond motifs is 1. The van der Waals surface area contributed by atoms with Gasteiger partial charge < -0.3 is 15.2 Å². The molecule has 3 aromatic carbocycles. The van der Waals surface area contributed by atoms with Crippen LogP contribution >= 0.6 is 0 Å². The molecule has 2 N–H and O–H groups in total. The number of halogens is 1. The Kier molecular flexibility index (Phi) is 4.84. The molecule has 0 saturated carbocycles. The van der Waals surface area contributed by atoms with Gasteiger partial charge in [-0.25, -0.2) is 9.18 Å². The third kappa shape index (κ3) is 3.64. The molecule has 0 radical (unpaired) electrons. The third-order valence-electron chi connectivity index (χ3n) is 3.89. The minimum Gasteiger partial charge on any atom is -0.506 e. The lowest BCUT2D eigenvalue weighted by Gasteiger charge is -2.14. The number of esters is 1. The molecule has 0 aliphatic rings. The molecule has 0 fully saturated rings. The van der Waals surface area contributed by atoms with Gasteiger partial charge in [-0.15, -0.1) is 0 Å². The lowest BCUT2D eigenvalue weighted by Crippen LogP contribution is -2.30. The number of ether oxygens (including phenoxy) is 1. The van der Waals surface area contributed by atoms with E-state index in [4.69, 9.17) is 4.74 Å². The number of benzene rings is 3. The number of aromatic hydroxyl groups is 1. The molecule has 0 saturated heterocycles. The number of amides is 1. The highest BCUT2D eigenvalue weighted by atomic mass is 19.1. The van der Waals surface area contributed by atoms with Gasteiger partial charge in [-0.3, -0.25) is 4.79 Å². The van der Waals surface area contributed by atoms with E-state index in [1.54, 1.807) is 18.2 Å². The van der Waals surface area contributed by atoms with E-state index in [9.17, 15) is 19.1 Å². The van der Waals surface area contributed by atoms with Crippen molar-refractivity contribution in [1.82, 2.24) is 0 Å². The largest absolute Gasteiger partial charge is 0.506 e. The first-order valence-corrected chi connectivity index (χ1v) is 7.94. The van der Waals surface area contributed by atoms with Gasteiger partial charge in [-0.1, -0.05) is 30.3 Å². The van der Waals surface area contributed by atoms with Crippen molar-refractivity contribution in [2.45, 2.75) is 13.0 Å². The number of nitrogens with one attached hydrogen (secondary N) is 1. The molecule has 3 rings (SSSR count). The maximum Gasteiger partial charge on any atom is 0.342 e. The van der Waals surface area contributed by atoms with Crippen LogP contribution in [0.15, 0.2) is 60.7 Å². The number of phenolic OH excluding ortho intramolecular Hbond substituents is 1. The zero-order valence-electron chi connectivity index (χ0n) is 13.9. The Bertz CT molecular complexity index is 969. The van der Waals surface area contributed by atoms with E-state index in [2.05, 4.69) is 5.32 Å². The predicted octanol–water partition coefficient (Wildman–Crippen LogP) is 3.87. The maximum absolute atomic E-state index is 12.9. The zero-order valence-corrected chi connectivity index (χ0v) is 13.9. The van der Waals surface area contributed by atoms with E-state index in [1.165, 1.54) is 37.3 Å². The van der Waals surface area contributed by atoms with Gasteiger partial charge in [0.1, 0.15) is 17.1 Å². The van der Waals surface area contributed by atoms with Crippen molar-refractivity contribution >= 4 is 28.3 Å². The molecule has 0 unspecified atom stereocenters. The van der Waals surface area contributed by atoms with Gasteiger partial charge >= 0.3 is 5.97 Å².